The van der Waals surface area contributed by atoms with Crippen molar-refractivity contribution in [2.24, 2.45) is 0 Å². The zero-order valence-electron chi connectivity index (χ0n) is 12.3. The maximum Gasteiger partial charge on any atom is 0.0943 e. The summed E-state index contributed by atoms with van der Waals surface area (Å²) in [5, 5.41) is 23.3. The van der Waals surface area contributed by atoms with Crippen LogP contribution in [-0.4, -0.2) is 28.4 Å². The molecule has 0 spiro atoms. The van der Waals surface area contributed by atoms with E-state index in [0.29, 0.717) is 0 Å². The molecule has 0 heterocycles. The number of hydrogen-bond acceptors (Lipinski definition) is 3. The van der Waals surface area contributed by atoms with Crippen molar-refractivity contribution in [3.63, 3.8) is 0 Å². The van der Waals surface area contributed by atoms with Gasteiger partial charge in [0.05, 0.1) is 12.7 Å². The fourth-order valence-electron chi connectivity index (χ4n) is 2.16. The van der Waals surface area contributed by atoms with Crippen LogP contribution in [0, 0.1) is 0 Å². The van der Waals surface area contributed by atoms with Gasteiger partial charge in [0.15, 0.2) is 0 Å². The van der Waals surface area contributed by atoms with Crippen LogP contribution < -0.4 is 5.32 Å². The van der Waals surface area contributed by atoms with Crippen molar-refractivity contribution in [3.05, 3.63) is 35.9 Å². The molecule has 0 radical (unpaired) electrons. The summed E-state index contributed by atoms with van der Waals surface area (Å²) >= 11 is 0. The van der Waals surface area contributed by atoms with E-state index in [2.05, 4.69) is 12.2 Å². The lowest BCUT2D eigenvalue weighted by molar-refractivity contribution is 0.0867. The Kier molecular flexibility index (Phi) is 6.49. The number of nitrogens with one attached hydrogen (secondary N) is 1. The van der Waals surface area contributed by atoms with Crippen LogP contribution in [0.5, 0.6) is 0 Å². The number of unbranched alkanes of at least 4 members (excludes halogenated alkanes) is 1. The van der Waals surface area contributed by atoms with Gasteiger partial charge in [0.25, 0.3) is 0 Å². The van der Waals surface area contributed by atoms with Crippen molar-refractivity contribution in [2.45, 2.75) is 57.7 Å². The molecule has 0 aliphatic rings. The van der Waals surface area contributed by atoms with E-state index < -0.39 is 6.10 Å². The van der Waals surface area contributed by atoms with Crippen LogP contribution >= 0.6 is 0 Å². The standard InChI is InChI=1S/C16H27NO2/c1-4-5-11-14(17-16(2,3)12-18)15(19)13-9-7-6-8-10-13/h6-10,14-15,17-19H,4-5,11-12H2,1-3H3. The van der Waals surface area contributed by atoms with Crippen LogP contribution in [0.3, 0.4) is 0 Å². The summed E-state index contributed by atoms with van der Waals surface area (Å²) in [6.45, 7) is 6.09. The average molecular weight is 265 g/mol. The Hall–Kier alpha value is -0.900. The van der Waals surface area contributed by atoms with Crippen molar-refractivity contribution < 1.29 is 10.2 Å². The van der Waals surface area contributed by atoms with Crippen molar-refractivity contribution >= 4 is 0 Å². The molecule has 1 aromatic carbocycles. The number of hydrogen-bond donors (Lipinski definition) is 3. The van der Waals surface area contributed by atoms with Crippen LogP contribution in [0.4, 0.5) is 0 Å². The first kappa shape index (κ1) is 16.2. The minimum Gasteiger partial charge on any atom is -0.394 e. The summed E-state index contributed by atoms with van der Waals surface area (Å²) in [5.41, 5.74) is 0.540. The van der Waals surface area contributed by atoms with E-state index in [1.54, 1.807) is 0 Å². The Labute approximate surface area is 116 Å². The number of rotatable bonds is 8. The van der Waals surface area contributed by atoms with Crippen molar-refractivity contribution in [2.75, 3.05) is 6.61 Å². The quantitative estimate of drug-likeness (QED) is 0.677. The highest BCUT2D eigenvalue weighted by atomic mass is 16.3. The second-order valence-electron chi connectivity index (χ2n) is 5.79. The molecule has 3 N–H and O–H groups in total. The molecule has 0 fully saturated rings. The molecule has 0 aliphatic heterocycles. The van der Waals surface area contributed by atoms with E-state index in [4.69, 9.17) is 0 Å². The third kappa shape index (κ3) is 5.31. The highest BCUT2D eigenvalue weighted by Crippen LogP contribution is 2.22. The van der Waals surface area contributed by atoms with Crippen LogP contribution in [0.25, 0.3) is 0 Å². The molecule has 19 heavy (non-hydrogen) atoms. The Morgan fingerprint density at radius 2 is 1.84 bits per heavy atom. The summed E-state index contributed by atoms with van der Waals surface area (Å²) in [7, 11) is 0. The van der Waals surface area contributed by atoms with Gasteiger partial charge in [-0.1, -0.05) is 50.1 Å². The zero-order chi connectivity index (χ0) is 14.3. The Morgan fingerprint density at radius 3 is 2.37 bits per heavy atom. The number of benzene rings is 1. The fraction of sp³-hybridized carbons (Fsp3) is 0.625. The van der Waals surface area contributed by atoms with Gasteiger partial charge in [-0.05, 0) is 25.8 Å². The predicted molar refractivity (Wildman–Crippen MR) is 79.0 cm³/mol. The molecular weight excluding hydrogens is 238 g/mol. The summed E-state index contributed by atoms with van der Waals surface area (Å²) < 4.78 is 0. The zero-order valence-corrected chi connectivity index (χ0v) is 12.3. The first-order valence-corrected chi connectivity index (χ1v) is 7.11. The molecule has 2 unspecified atom stereocenters. The molecule has 0 aliphatic carbocycles. The first-order valence-electron chi connectivity index (χ1n) is 7.11. The lowest BCUT2D eigenvalue weighted by Crippen LogP contribution is -2.50. The monoisotopic (exact) mass is 265 g/mol. The molecule has 3 nitrogen and oxygen atoms in total. The third-order valence-corrected chi connectivity index (χ3v) is 3.36. The van der Waals surface area contributed by atoms with Gasteiger partial charge in [-0.2, -0.15) is 0 Å². The third-order valence-electron chi connectivity index (χ3n) is 3.36. The van der Waals surface area contributed by atoms with E-state index >= 15 is 0 Å². The minimum absolute atomic E-state index is 0.0375. The van der Waals surface area contributed by atoms with Gasteiger partial charge < -0.3 is 15.5 Å². The summed E-state index contributed by atoms with van der Waals surface area (Å²) in [6.07, 6.45) is 2.51. The summed E-state index contributed by atoms with van der Waals surface area (Å²) in [6, 6.07) is 9.67. The van der Waals surface area contributed by atoms with Gasteiger partial charge in [-0.25, -0.2) is 0 Å². The highest BCUT2D eigenvalue weighted by Gasteiger charge is 2.26. The maximum atomic E-state index is 10.5. The number of aliphatic hydroxyl groups excluding tert-OH is 2. The topological polar surface area (TPSA) is 52.5 Å². The lowest BCUT2D eigenvalue weighted by atomic mass is 9.94. The van der Waals surface area contributed by atoms with Crippen molar-refractivity contribution in [1.29, 1.82) is 0 Å². The lowest BCUT2D eigenvalue weighted by Gasteiger charge is -2.33. The van der Waals surface area contributed by atoms with Gasteiger partial charge in [0.2, 0.25) is 0 Å². The van der Waals surface area contributed by atoms with Crippen LogP contribution in [-0.2, 0) is 0 Å². The van der Waals surface area contributed by atoms with Crippen molar-refractivity contribution in [3.8, 4) is 0 Å². The largest absolute Gasteiger partial charge is 0.394 e. The van der Waals surface area contributed by atoms with Crippen LogP contribution in [0.1, 0.15) is 51.7 Å². The van der Waals surface area contributed by atoms with Crippen LogP contribution in [0.15, 0.2) is 30.3 Å². The molecule has 3 heteroatoms. The van der Waals surface area contributed by atoms with Gasteiger partial charge in [0, 0.05) is 11.6 Å². The summed E-state index contributed by atoms with van der Waals surface area (Å²) in [5.74, 6) is 0. The molecule has 0 amide bonds. The molecule has 0 saturated carbocycles. The molecular formula is C16H27NO2. The van der Waals surface area contributed by atoms with Crippen molar-refractivity contribution in [1.82, 2.24) is 5.32 Å². The second kappa shape index (κ2) is 7.63. The van der Waals surface area contributed by atoms with E-state index in [0.717, 1.165) is 24.8 Å². The summed E-state index contributed by atoms with van der Waals surface area (Å²) in [4.78, 5) is 0. The van der Waals surface area contributed by atoms with E-state index in [1.807, 2.05) is 44.2 Å². The molecule has 0 aromatic heterocycles. The molecule has 0 saturated heterocycles. The molecule has 1 rings (SSSR count). The second-order valence-corrected chi connectivity index (χ2v) is 5.79. The maximum absolute atomic E-state index is 10.5. The fourth-order valence-corrected chi connectivity index (χ4v) is 2.16. The van der Waals surface area contributed by atoms with E-state index in [1.165, 1.54) is 0 Å². The normalized spacial score (nSPS) is 15.2. The van der Waals surface area contributed by atoms with Gasteiger partial charge in [-0.15, -0.1) is 0 Å². The average Bonchev–Trinajstić information content (AvgIpc) is 2.43. The van der Waals surface area contributed by atoms with E-state index in [-0.39, 0.29) is 18.2 Å². The molecule has 0 bridgehead atoms. The van der Waals surface area contributed by atoms with Gasteiger partial charge in [-0.3, -0.25) is 0 Å². The van der Waals surface area contributed by atoms with Gasteiger partial charge in [0.1, 0.15) is 0 Å². The predicted octanol–water partition coefficient (Wildman–Crippen LogP) is 2.64. The van der Waals surface area contributed by atoms with Gasteiger partial charge >= 0.3 is 0 Å². The Bertz CT molecular complexity index is 351. The Balaban J connectivity index is 2.78. The van der Waals surface area contributed by atoms with E-state index in [9.17, 15) is 10.2 Å². The molecule has 108 valence electrons. The van der Waals surface area contributed by atoms with Crippen LogP contribution in [0.2, 0.25) is 0 Å². The minimum atomic E-state index is -0.543. The highest BCUT2D eigenvalue weighted by molar-refractivity contribution is 5.19. The smallest absolute Gasteiger partial charge is 0.0943 e. The Morgan fingerprint density at radius 1 is 1.21 bits per heavy atom. The first-order chi connectivity index (χ1) is 9.00. The number of aliphatic hydroxyl groups is 2. The molecule has 1 aromatic rings. The SMILES string of the molecule is CCCCC(NC(C)(C)CO)C(O)c1ccccc1. The molecule has 2 atom stereocenters.